The summed E-state index contributed by atoms with van der Waals surface area (Å²) < 4.78 is 1.91. The summed E-state index contributed by atoms with van der Waals surface area (Å²) in [6, 6.07) is 3.14. The monoisotopic (exact) mass is 191 g/mol. The van der Waals surface area contributed by atoms with Crippen LogP contribution in [0.2, 0.25) is 0 Å². The number of nitrogens with two attached hydrogens (primary N) is 1. The van der Waals surface area contributed by atoms with Gasteiger partial charge in [0.25, 0.3) is 0 Å². The number of aromatic nitrogens is 2. The maximum absolute atomic E-state index is 11.1. The smallest absolute Gasteiger partial charge is 0.183 e. The molecule has 0 aliphatic rings. The summed E-state index contributed by atoms with van der Waals surface area (Å²) in [5.74, 6) is 0. The molecule has 0 aliphatic carbocycles. The average molecular weight is 191 g/mol. The van der Waals surface area contributed by atoms with E-state index in [2.05, 4.69) is 4.98 Å². The first kappa shape index (κ1) is 9.02. The molecule has 0 unspecified atom stereocenters. The van der Waals surface area contributed by atoms with Crippen LogP contribution in [0.3, 0.4) is 0 Å². The van der Waals surface area contributed by atoms with Crippen LogP contribution in [0, 0.1) is 0 Å². The molecule has 2 rings (SSSR count). The first-order chi connectivity index (χ1) is 6.79. The fourth-order valence-corrected chi connectivity index (χ4v) is 1.49. The van der Waals surface area contributed by atoms with Crippen molar-refractivity contribution in [2.75, 3.05) is 6.54 Å². The molecule has 3 N–H and O–H groups in total. The lowest BCUT2D eigenvalue weighted by Gasteiger charge is -1.91. The van der Waals surface area contributed by atoms with Crippen LogP contribution in [-0.2, 0) is 6.42 Å². The summed E-state index contributed by atoms with van der Waals surface area (Å²) in [6.07, 6.45) is 5.63. The van der Waals surface area contributed by atoms with Gasteiger partial charge >= 0.3 is 0 Å². The molecule has 0 amide bonds. The van der Waals surface area contributed by atoms with E-state index in [9.17, 15) is 4.79 Å². The maximum Gasteiger partial charge on any atom is 0.183 e. The number of aryl methyl sites for hydroxylation is 1. The van der Waals surface area contributed by atoms with Crippen LogP contribution in [0.15, 0.2) is 29.3 Å². The van der Waals surface area contributed by atoms with Crippen LogP contribution in [-0.4, -0.2) is 15.9 Å². The zero-order valence-electron chi connectivity index (χ0n) is 7.86. The highest BCUT2D eigenvalue weighted by atomic mass is 16.1. The fourth-order valence-electron chi connectivity index (χ4n) is 1.49. The number of imidazole rings is 1. The molecule has 2 aromatic rings. The van der Waals surface area contributed by atoms with Gasteiger partial charge in [0.1, 0.15) is 5.65 Å². The van der Waals surface area contributed by atoms with Crippen LogP contribution in [0.25, 0.3) is 5.65 Å². The van der Waals surface area contributed by atoms with Gasteiger partial charge in [-0.25, -0.2) is 0 Å². The van der Waals surface area contributed by atoms with Gasteiger partial charge in [-0.3, -0.25) is 4.79 Å². The summed E-state index contributed by atoms with van der Waals surface area (Å²) in [5.41, 5.74) is 7.40. The van der Waals surface area contributed by atoms with E-state index in [0.29, 0.717) is 6.54 Å². The Balaban J connectivity index is 2.36. The lowest BCUT2D eigenvalue weighted by molar-refractivity contribution is 0.816. The van der Waals surface area contributed by atoms with E-state index in [1.54, 1.807) is 18.3 Å². The number of rotatable bonds is 3. The standard InChI is InChI=1S/C10H13N3O/c11-4-1-2-8-7-13-5-3-9(14)6-10(13)12-8/h3,5-7,12H,1-2,4,11H2. The Morgan fingerprint density at radius 1 is 1.50 bits per heavy atom. The highest BCUT2D eigenvalue weighted by molar-refractivity contribution is 5.39. The predicted octanol–water partition coefficient (Wildman–Crippen LogP) is 0.519. The quantitative estimate of drug-likeness (QED) is 0.742. The number of hydrogen-bond acceptors (Lipinski definition) is 2. The number of hydrogen-bond donors (Lipinski definition) is 2. The first-order valence-electron chi connectivity index (χ1n) is 4.69. The lowest BCUT2D eigenvalue weighted by Crippen LogP contribution is -2.00. The van der Waals surface area contributed by atoms with Crippen LogP contribution in [0.1, 0.15) is 12.1 Å². The van der Waals surface area contributed by atoms with Crippen molar-refractivity contribution in [1.29, 1.82) is 0 Å². The minimum atomic E-state index is 0.0252. The van der Waals surface area contributed by atoms with Crippen LogP contribution < -0.4 is 11.2 Å². The van der Waals surface area contributed by atoms with Gasteiger partial charge in [-0.2, -0.15) is 0 Å². The van der Waals surface area contributed by atoms with Crippen molar-refractivity contribution in [2.24, 2.45) is 5.73 Å². The topological polar surface area (TPSA) is 63.3 Å². The third-order valence-corrected chi connectivity index (χ3v) is 2.19. The van der Waals surface area contributed by atoms with E-state index in [1.165, 1.54) is 0 Å². The molecule has 0 bridgehead atoms. The Morgan fingerprint density at radius 3 is 3.14 bits per heavy atom. The van der Waals surface area contributed by atoms with E-state index in [1.807, 2.05) is 10.6 Å². The Labute approximate surface area is 81.4 Å². The Bertz CT molecular complexity index is 483. The SMILES string of the molecule is NCCCc1cn2ccc(=O)cc2[nH]1. The minimum absolute atomic E-state index is 0.0252. The normalized spacial score (nSPS) is 10.9. The van der Waals surface area contributed by atoms with Gasteiger partial charge in [0, 0.05) is 30.2 Å². The minimum Gasteiger partial charge on any atom is -0.343 e. The second kappa shape index (κ2) is 3.67. The summed E-state index contributed by atoms with van der Waals surface area (Å²) in [5, 5.41) is 0. The molecular formula is C10H13N3O. The molecule has 0 spiro atoms. The van der Waals surface area contributed by atoms with Gasteiger partial charge in [0.2, 0.25) is 0 Å². The molecule has 0 fully saturated rings. The predicted molar refractivity (Wildman–Crippen MR) is 55.4 cm³/mol. The van der Waals surface area contributed by atoms with E-state index in [0.717, 1.165) is 24.2 Å². The third kappa shape index (κ3) is 1.70. The van der Waals surface area contributed by atoms with Crippen LogP contribution >= 0.6 is 0 Å². The summed E-state index contributed by atoms with van der Waals surface area (Å²) in [4.78, 5) is 14.2. The van der Waals surface area contributed by atoms with Crippen molar-refractivity contribution in [2.45, 2.75) is 12.8 Å². The van der Waals surface area contributed by atoms with E-state index < -0.39 is 0 Å². The highest BCUT2D eigenvalue weighted by Gasteiger charge is 1.98. The number of nitrogens with one attached hydrogen (secondary N) is 1. The summed E-state index contributed by atoms with van der Waals surface area (Å²) in [6.45, 7) is 0.687. The van der Waals surface area contributed by atoms with Crippen LogP contribution in [0.5, 0.6) is 0 Å². The van der Waals surface area contributed by atoms with Gasteiger partial charge in [0.05, 0.1) is 0 Å². The van der Waals surface area contributed by atoms with Crippen molar-refractivity contribution in [3.05, 3.63) is 40.4 Å². The van der Waals surface area contributed by atoms with Gasteiger partial charge in [-0.15, -0.1) is 0 Å². The number of H-pyrrole nitrogens is 1. The Hall–Kier alpha value is -1.55. The molecule has 0 saturated carbocycles. The Kier molecular flexibility index (Phi) is 2.37. The number of nitrogens with zero attached hydrogens (tertiary/aromatic N) is 1. The largest absolute Gasteiger partial charge is 0.343 e. The highest BCUT2D eigenvalue weighted by Crippen LogP contribution is 2.04. The van der Waals surface area contributed by atoms with Crippen molar-refractivity contribution >= 4 is 5.65 Å². The van der Waals surface area contributed by atoms with Gasteiger partial charge in [0.15, 0.2) is 5.43 Å². The van der Waals surface area contributed by atoms with Crippen molar-refractivity contribution in [1.82, 2.24) is 9.38 Å². The molecule has 0 atom stereocenters. The zero-order valence-corrected chi connectivity index (χ0v) is 7.86. The van der Waals surface area contributed by atoms with Crippen molar-refractivity contribution in [3.8, 4) is 0 Å². The molecule has 0 radical (unpaired) electrons. The van der Waals surface area contributed by atoms with E-state index in [-0.39, 0.29) is 5.43 Å². The van der Waals surface area contributed by atoms with Crippen molar-refractivity contribution in [3.63, 3.8) is 0 Å². The second-order valence-electron chi connectivity index (χ2n) is 3.33. The van der Waals surface area contributed by atoms with Crippen LogP contribution in [0.4, 0.5) is 0 Å². The molecule has 14 heavy (non-hydrogen) atoms. The molecule has 74 valence electrons. The molecule has 0 aliphatic heterocycles. The maximum atomic E-state index is 11.1. The Morgan fingerprint density at radius 2 is 2.36 bits per heavy atom. The number of aromatic amines is 1. The lowest BCUT2D eigenvalue weighted by atomic mass is 10.2. The zero-order chi connectivity index (χ0) is 9.97. The molecule has 0 saturated heterocycles. The fraction of sp³-hybridized carbons (Fsp3) is 0.300. The van der Waals surface area contributed by atoms with Gasteiger partial charge < -0.3 is 15.1 Å². The second-order valence-corrected chi connectivity index (χ2v) is 3.33. The van der Waals surface area contributed by atoms with E-state index >= 15 is 0 Å². The molecular weight excluding hydrogens is 178 g/mol. The molecule has 2 heterocycles. The third-order valence-electron chi connectivity index (χ3n) is 2.19. The van der Waals surface area contributed by atoms with E-state index in [4.69, 9.17) is 5.73 Å². The molecule has 4 nitrogen and oxygen atoms in total. The molecule has 2 aromatic heterocycles. The summed E-state index contributed by atoms with van der Waals surface area (Å²) in [7, 11) is 0. The summed E-state index contributed by atoms with van der Waals surface area (Å²) >= 11 is 0. The number of fused-ring (bicyclic) bond motifs is 1. The first-order valence-corrected chi connectivity index (χ1v) is 4.69. The molecule has 0 aromatic carbocycles. The van der Waals surface area contributed by atoms with Gasteiger partial charge in [-0.05, 0) is 19.4 Å². The molecule has 4 heteroatoms. The number of pyridine rings is 1. The van der Waals surface area contributed by atoms with Gasteiger partial charge in [-0.1, -0.05) is 0 Å². The average Bonchev–Trinajstić information content (AvgIpc) is 2.56. The van der Waals surface area contributed by atoms with Crippen molar-refractivity contribution < 1.29 is 0 Å².